The lowest BCUT2D eigenvalue weighted by atomic mass is 10.3. The fraction of sp³-hybridized carbons (Fsp3) is 0.235. The first-order valence-electron chi connectivity index (χ1n) is 8.47. The molecule has 3 heterocycles. The fourth-order valence-electron chi connectivity index (χ4n) is 2.15. The zero-order valence-electron chi connectivity index (χ0n) is 15.1. The molecular weight excluding hydrogens is 382 g/mol. The van der Waals surface area contributed by atoms with Crippen LogP contribution < -0.4 is 10.6 Å². The highest BCUT2D eigenvalue weighted by molar-refractivity contribution is 7.11. The molecule has 0 fully saturated rings. The average Bonchev–Trinajstić information content (AvgIpc) is 3.11. The van der Waals surface area contributed by atoms with Crippen LogP contribution in [0.2, 0.25) is 0 Å². The van der Waals surface area contributed by atoms with Crippen molar-refractivity contribution in [2.75, 3.05) is 10.6 Å². The number of aromatic nitrogens is 3. The first-order chi connectivity index (χ1) is 13.5. The van der Waals surface area contributed by atoms with E-state index < -0.39 is 0 Å². The summed E-state index contributed by atoms with van der Waals surface area (Å²) < 4.78 is 4.19. The molecule has 28 heavy (non-hydrogen) atoms. The van der Waals surface area contributed by atoms with Crippen molar-refractivity contribution < 1.29 is 14.7 Å². The number of carbonyl (C=O) groups excluding carboxylic acids is 2. The molecule has 0 radical (unpaired) electrons. The van der Waals surface area contributed by atoms with Crippen LogP contribution in [0.5, 0.6) is 5.75 Å². The zero-order chi connectivity index (χ0) is 20.1. The number of azo groups is 1. The number of nitrogens with zero attached hydrogens (tertiary/aromatic N) is 5. The number of amides is 2. The van der Waals surface area contributed by atoms with Crippen molar-refractivity contribution in [3.8, 4) is 5.75 Å². The normalized spacial score (nSPS) is 11.1. The van der Waals surface area contributed by atoms with Crippen molar-refractivity contribution in [2.45, 2.75) is 26.7 Å². The van der Waals surface area contributed by atoms with Gasteiger partial charge in [-0.3, -0.25) is 9.59 Å². The Hall–Kier alpha value is -3.47. The van der Waals surface area contributed by atoms with Gasteiger partial charge >= 0.3 is 0 Å². The number of aromatic hydroxyl groups is 1. The minimum atomic E-state index is -0.324. The van der Waals surface area contributed by atoms with Crippen molar-refractivity contribution in [1.82, 2.24) is 14.3 Å². The average molecular weight is 399 g/mol. The minimum absolute atomic E-state index is 0.0384. The molecule has 3 aromatic heterocycles. The van der Waals surface area contributed by atoms with Gasteiger partial charge < -0.3 is 15.7 Å². The van der Waals surface area contributed by atoms with Crippen LogP contribution in [0.1, 0.15) is 26.7 Å². The SMILES string of the molecule is CCC(=O)Nc1cc(O)c(NC(=O)CC)nc1/N=N/c1snc2ncccc12. The highest BCUT2D eigenvalue weighted by Gasteiger charge is 2.15. The Labute approximate surface area is 163 Å². The fourth-order valence-corrected chi connectivity index (χ4v) is 2.80. The quantitative estimate of drug-likeness (QED) is 0.537. The van der Waals surface area contributed by atoms with Gasteiger partial charge in [0.25, 0.3) is 0 Å². The summed E-state index contributed by atoms with van der Waals surface area (Å²) >= 11 is 1.12. The number of anilines is 2. The maximum atomic E-state index is 11.8. The Bertz CT molecular complexity index is 1060. The van der Waals surface area contributed by atoms with Gasteiger partial charge in [0.2, 0.25) is 17.6 Å². The molecule has 11 heteroatoms. The molecule has 0 bridgehead atoms. The summed E-state index contributed by atoms with van der Waals surface area (Å²) in [4.78, 5) is 31.7. The van der Waals surface area contributed by atoms with Crippen molar-refractivity contribution >= 4 is 56.7 Å². The molecule has 0 spiro atoms. The standard InChI is InChI=1S/C17H17N7O3S/c1-3-12(26)19-10-8-11(25)16(20-13(27)4-2)21-15(10)22-23-17-9-6-5-7-18-14(9)24-28-17/h5-8,25H,3-4H2,1-2H3,(H,19,26)(H,20,21,27)/b23-22+. The van der Waals surface area contributed by atoms with Crippen LogP contribution in [0.25, 0.3) is 11.0 Å². The van der Waals surface area contributed by atoms with Crippen LogP contribution in [0, 0.1) is 0 Å². The Kier molecular flexibility index (Phi) is 5.84. The van der Waals surface area contributed by atoms with Gasteiger partial charge in [-0.1, -0.05) is 13.8 Å². The summed E-state index contributed by atoms with van der Waals surface area (Å²) in [6, 6.07) is 4.85. The minimum Gasteiger partial charge on any atom is -0.504 e. The van der Waals surface area contributed by atoms with E-state index in [1.807, 2.05) is 6.07 Å². The second-order valence-electron chi connectivity index (χ2n) is 5.59. The van der Waals surface area contributed by atoms with Crippen molar-refractivity contribution in [3.63, 3.8) is 0 Å². The van der Waals surface area contributed by atoms with Gasteiger partial charge in [-0.05, 0) is 23.7 Å². The van der Waals surface area contributed by atoms with Crippen molar-refractivity contribution in [3.05, 3.63) is 24.4 Å². The highest BCUT2D eigenvalue weighted by atomic mass is 32.1. The van der Waals surface area contributed by atoms with E-state index in [2.05, 4.69) is 35.2 Å². The van der Waals surface area contributed by atoms with Crippen LogP contribution in [0.3, 0.4) is 0 Å². The summed E-state index contributed by atoms with van der Waals surface area (Å²) in [7, 11) is 0. The van der Waals surface area contributed by atoms with Gasteiger partial charge in [0, 0.05) is 25.1 Å². The Morgan fingerprint density at radius 3 is 2.68 bits per heavy atom. The van der Waals surface area contributed by atoms with E-state index in [0.29, 0.717) is 10.6 Å². The second-order valence-corrected chi connectivity index (χ2v) is 6.34. The topological polar surface area (TPSA) is 142 Å². The molecule has 3 N–H and O–H groups in total. The van der Waals surface area contributed by atoms with Gasteiger partial charge in [0.05, 0.1) is 11.1 Å². The predicted molar refractivity (Wildman–Crippen MR) is 105 cm³/mol. The summed E-state index contributed by atoms with van der Waals surface area (Å²) in [5.41, 5.74) is 0.727. The molecule has 10 nitrogen and oxygen atoms in total. The molecule has 0 atom stereocenters. The first-order valence-corrected chi connectivity index (χ1v) is 9.25. The Balaban J connectivity index is 2.01. The van der Waals surface area contributed by atoms with Crippen LogP contribution in [-0.4, -0.2) is 31.3 Å². The lowest BCUT2D eigenvalue weighted by Crippen LogP contribution is -2.13. The summed E-state index contributed by atoms with van der Waals surface area (Å²) in [6.45, 7) is 3.36. The van der Waals surface area contributed by atoms with E-state index in [-0.39, 0.29) is 47.7 Å². The largest absolute Gasteiger partial charge is 0.504 e. The molecule has 0 aliphatic rings. The van der Waals surface area contributed by atoms with Gasteiger partial charge in [-0.15, -0.1) is 10.2 Å². The molecular formula is C17H17N7O3S. The van der Waals surface area contributed by atoms with E-state index in [1.165, 1.54) is 6.07 Å². The molecule has 144 valence electrons. The van der Waals surface area contributed by atoms with Crippen LogP contribution in [-0.2, 0) is 9.59 Å². The number of pyridine rings is 2. The molecule has 0 saturated carbocycles. The van der Waals surface area contributed by atoms with E-state index in [4.69, 9.17) is 0 Å². The van der Waals surface area contributed by atoms with Crippen LogP contribution in [0.15, 0.2) is 34.6 Å². The van der Waals surface area contributed by atoms with Gasteiger partial charge in [-0.2, -0.15) is 4.37 Å². The molecule has 0 saturated heterocycles. The summed E-state index contributed by atoms with van der Waals surface area (Å²) in [5, 5.41) is 24.7. The number of hydrogen-bond acceptors (Lipinski definition) is 9. The lowest BCUT2D eigenvalue weighted by Gasteiger charge is -2.10. The number of rotatable bonds is 6. The molecule has 3 rings (SSSR count). The molecule has 2 amide bonds. The molecule has 0 aliphatic carbocycles. The van der Waals surface area contributed by atoms with E-state index in [9.17, 15) is 14.7 Å². The van der Waals surface area contributed by atoms with Gasteiger partial charge in [-0.25, -0.2) is 9.97 Å². The first kappa shape index (κ1) is 19.3. The number of fused-ring (bicyclic) bond motifs is 1. The maximum Gasteiger partial charge on any atom is 0.225 e. The number of nitrogens with one attached hydrogen (secondary N) is 2. The molecule has 0 aliphatic heterocycles. The number of carbonyl (C=O) groups is 2. The monoisotopic (exact) mass is 399 g/mol. The smallest absolute Gasteiger partial charge is 0.225 e. The summed E-state index contributed by atoms with van der Waals surface area (Å²) in [6.07, 6.45) is 2.08. The maximum absolute atomic E-state index is 11.8. The van der Waals surface area contributed by atoms with Gasteiger partial charge in [0.15, 0.2) is 22.2 Å². The van der Waals surface area contributed by atoms with Crippen molar-refractivity contribution in [2.24, 2.45) is 10.2 Å². The Morgan fingerprint density at radius 1 is 1.18 bits per heavy atom. The predicted octanol–water partition coefficient (Wildman–Crippen LogP) is 3.90. The van der Waals surface area contributed by atoms with E-state index in [0.717, 1.165) is 16.9 Å². The third-order valence-corrected chi connectivity index (χ3v) is 4.37. The van der Waals surface area contributed by atoms with Crippen LogP contribution >= 0.6 is 11.5 Å². The Morgan fingerprint density at radius 2 is 1.93 bits per heavy atom. The van der Waals surface area contributed by atoms with Gasteiger partial charge in [0.1, 0.15) is 0 Å². The number of hydrogen-bond donors (Lipinski definition) is 3. The van der Waals surface area contributed by atoms with Crippen molar-refractivity contribution in [1.29, 1.82) is 0 Å². The molecule has 0 unspecified atom stereocenters. The van der Waals surface area contributed by atoms with E-state index >= 15 is 0 Å². The van der Waals surface area contributed by atoms with E-state index in [1.54, 1.807) is 26.1 Å². The van der Waals surface area contributed by atoms with Crippen LogP contribution in [0.4, 0.5) is 22.3 Å². The zero-order valence-corrected chi connectivity index (χ0v) is 15.9. The molecule has 0 aromatic carbocycles. The third kappa shape index (κ3) is 4.26. The molecule has 3 aromatic rings. The highest BCUT2D eigenvalue weighted by Crippen LogP contribution is 2.35. The third-order valence-electron chi connectivity index (χ3n) is 3.63. The summed E-state index contributed by atoms with van der Waals surface area (Å²) in [5.74, 6) is -0.923. The second kappa shape index (κ2) is 8.48. The lowest BCUT2D eigenvalue weighted by molar-refractivity contribution is -0.116.